The van der Waals surface area contributed by atoms with Crippen molar-refractivity contribution in [2.75, 3.05) is 27.2 Å². The molecule has 3 heteroatoms. The minimum atomic E-state index is -0.426. The summed E-state index contributed by atoms with van der Waals surface area (Å²) in [6.45, 7) is 1.81. The van der Waals surface area contributed by atoms with E-state index >= 15 is 0 Å². The zero-order valence-electron chi connectivity index (χ0n) is 12.2. The molecule has 2 aliphatic rings. The van der Waals surface area contributed by atoms with Gasteiger partial charge in [-0.2, -0.15) is 0 Å². The highest BCUT2D eigenvalue weighted by Gasteiger charge is 2.36. The van der Waals surface area contributed by atoms with Crippen LogP contribution >= 0.6 is 0 Å². The second-order valence-corrected chi connectivity index (χ2v) is 6.71. The fourth-order valence-corrected chi connectivity index (χ4v) is 3.73. The molecule has 18 heavy (non-hydrogen) atoms. The summed E-state index contributed by atoms with van der Waals surface area (Å²) in [5.41, 5.74) is -0.0879. The summed E-state index contributed by atoms with van der Waals surface area (Å²) in [5.74, 6) is 0. The Hall–Kier alpha value is -0.120. The molecule has 0 aromatic rings. The summed E-state index contributed by atoms with van der Waals surface area (Å²) in [6.07, 6.45) is 10.9. The van der Waals surface area contributed by atoms with Gasteiger partial charge in [0.1, 0.15) is 0 Å². The lowest BCUT2D eigenvalue weighted by Crippen LogP contribution is -2.52. The van der Waals surface area contributed by atoms with Gasteiger partial charge in [0, 0.05) is 18.6 Å². The number of rotatable bonds is 5. The van der Waals surface area contributed by atoms with Crippen molar-refractivity contribution in [2.24, 2.45) is 0 Å². The average Bonchev–Trinajstić information content (AvgIpc) is 2.80. The third-order valence-corrected chi connectivity index (χ3v) is 5.18. The Morgan fingerprint density at radius 2 is 1.44 bits per heavy atom. The van der Waals surface area contributed by atoms with Gasteiger partial charge in [0.2, 0.25) is 0 Å². The number of nitrogens with one attached hydrogen (secondary N) is 1. The second kappa shape index (κ2) is 5.89. The maximum atomic E-state index is 10.5. The molecule has 0 unspecified atom stereocenters. The van der Waals surface area contributed by atoms with E-state index in [2.05, 4.69) is 24.3 Å². The van der Waals surface area contributed by atoms with E-state index in [9.17, 15) is 5.11 Å². The van der Waals surface area contributed by atoms with Gasteiger partial charge in [-0.25, -0.2) is 0 Å². The Morgan fingerprint density at radius 1 is 0.889 bits per heavy atom. The standard InChI is InChI=1S/C15H30N2O/c1-17(2)14(8-6-7-9-14)12-16-13-15(18)10-4-3-5-11-15/h16,18H,3-13H2,1-2H3. The predicted octanol–water partition coefficient (Wildman–Crippen LogP) is 2.15. The van der Waals surface area contributed by atoms with Crippen molar-refractivity contribution in [3.63, 3.8) is 0 Å². The van der Waals surface area contributed by atoms with Gasteiger partial charge < -0.3 is 15.3 Å². The topological polar surface area (TPSA) is 35.5 Å². The number of hydrogen-bond donors (Lipinski definition) is 2. The molecule has 0 bridgehead atoms. The SMILES string of the molecule is CN(C)C1(CNCC2(O)CCCCC2)CCCC1. The van der Waals surface area contributed by atoms with Crippen molar-refractivity contribution in [3.05, 3.63) is 0 Å². The zero-order chi connectivity index (χ0) is 13.1. The molecule has 2 rings (SSSR count). The van der Waals surface area contributed by atoms with Crippen LogP contribution in [0, 0.1) is 0 Å². The largest absolute Gasteiger partial charge is 0.389 e. The number of aliphatic hydroxyl groups is 1. The van der Waals surface area contributed by atoms with Crippen LogP contribution in [0.15, 0.2) is 0 Å². The lowest BCUT2D eigenvalue weighted by atomic mass is 9.84. The smallest absolute Gasteiger partial charge is 0.0771 e. The molecule has 2 fully saturated rings. The first-order valence-corrected chi connectivity index (χ1v) is 7.67. The van der Waals surface area contributed by atoms with E-state index in [1.54, 1.807) is 0 Å². The van der Waals surface area contributed by atoms with Crippen LogP contribution in [0.5, 0.6) is 0 Å². The maximum absolute atomic E-state index is 10.5. The van der Waals surface area contributed by atoms with Crippen LogP contribution in [0.4, 0.5) is 0 Å². The van der Waals surface area contributed by atoms with Crippen LogP contribution in [0.3, 0.4) is 0 Å². The fourth-order valence-electron chi connectivity index (χ4n) is 3.73. The van der Waals surface area contributed by atoms with Crippen molar-refractivity contribution in [1.82, 2.24) is 10.2 Å². The highest BCUT2D eigenvalue weighted by atomic mass is 16.3. The van der Waals surface area contributed by atoms with Crippen LogP contribution in [0.2, 0.25) is 0 Å². The Morgan fingerprint density at radius 3 is 2.00 bits per heavy atom. The third-order valence-electron chi connectivity index (χ3n) is 5.18. The van der Waals surface area contributed by atoms with E-state index in [1.165, 1.54) is 44.9 Å². The monoisotopic (exact) mass is 254 g/mol. The van der Waals surface area contributed by atoms with Crippen LogP contribution in [-0.4, -0.2) is 48.3 Å². The van der Waals surface area contributed by atoms with Gasteiger partial charge in [-0.05, 0) is 39.8 Å². The fraction of sp³-hybridized carbons (Fsp3) is 1.00. The maximum Gasteiger partial charge on any atom is 0.0771 e. The Labute approximate surface area is 112 Å². The van der Waals surface area contributed by atoms with Gasteiger partial charge >= 0.3 is 0 Å². The second-order valence-electron chi connectivity index (χ2n) is 6.71. The van der Waals surface area contributed by atoms with E-state index in [4.69, 9.17) is 0 Å². The summed E-state index contributed by atoms with van der Waals surface area (Å²) in [5, 5.41) is 14.1. The molecule has 0 amide bonds. The van der Waals surface area contributed by atoms with E-state index < -0.39 is 5.60 Å². The van der Waals surface area contributed by atoms with E-state index in [0.29, 0.717) is 5.54 Å². The Kier molecular flexibility index (Phi) is 4.68. The summed E-state index contributed by atoms with van der Waals surface area (Å²) < 4.78 is 0. The quantitative estimate of drug-likeness (QED) is 0.789. The average molecular weight is 254 g/mol. The summed E-state index contributed by atoms with van der Waals surface area (Å²) in [7, 11) is 4.39. The van der Waals surface area contributed by atoms with Gasteiger partial charge in [-0.3, -0.25) is 0 Å². The molecule has 0 aliphatic heterocycles. The normalized spacial score (nSPS) is 26.7. The molecule has 106 valence electrons. The molecular weight excluding hydrogens is 224 g/mol. The minimum Gasteiger partial charge on any atom is -0.389 e. The van der Waals surface area contributed by atoms with Gasteiger partial charge in [0.25, 0.3) is 0 Å². The highest BCUT2D eigenvalue weighted by molar-refractivity contribution is 4.95. The van der Waals surface area contributed by atoms with Crippen molar-refractivity contribution in [1.29, 1.82) is 0 Å². The lowest BCUT2D eigenvalue weighted by Gasteiger charge is -2.39. The Bertz CT molecular complexity index is 253. The first-order valence-electron chi connectivity index (χ1n) is 7.67. The van der Waals surface area contributed by atoms with Gasteiger partial charge in [-0.1, -0.05) is 32.1 Å². The molecule has 3 nitrogen and oxygen atoms in total. The summed E-state index contributed by atoms with van der Waals surface area (Å²) in [6, 6.07) is 0. The molecule has 0 spiro atoms. The van der Waals surface area contributed by atoms with Crippen molar-refractivity contribution < 1.29 is 5.11 Å². The molecule has 2 aliphatic carbocycles. The van der Waals surface area contributed by atoms with Crippen LogP contribution < -0.4 is 5.32 Å². The molecule has 2 N–H and O–H groups in total. The van der Waals surface area contributed by atoms with E-state index in [1.807, 2.05) is 0 Å². The van der Waals surface area contributed by atoms with Crippen molar-refractivity contribution in [3.8, 4) is 0 Å². The molecule has 0 saturated heterocycles. The summed E-state index contributed by atoms with van der Waals surface area (Å²) in [4.78, 5) is 2.39. The van der Waals surface area contributed by atoms with Gasteiger partial charge in [0.15, 0.2) is 0 Å². The van der Waals surface area contributed by atoms with E-state index in [-0.39, 0.29) is 0 Å². The molecule has 2 saturated carbocycles. The minimum absolute atomic E-state index is 0.338. The summed E-state index contributed by atoms with van der Waals surface area (Å²) >= 11 is 0. The van der Waals surface area contributed by atoms with Crippen LogP contribution in [0.25, 0.3) is 0 Å². The molecule has 0 aromatic heterocycles. The molecule has 0 radical (unpaired) electrons. The van der Waals surface area contributed by atoms with Crippen LogP contribution in [-0.2, 0) is 0 Å². The number of hydrogen-bond acceptors (Lipinski definition) is 3. The molecular formula is C15H30N2O. The molecule has 0 atom stereocenters. The number of likely N-dealkylation sites (N-methyl/N-ethyl adjacent to an activating group) is 1. The molecule has 0 heterocycles. The Balaban J connectivity index is 1.79. The first kappa shape index (κ1) is 14.3. The van der Waals surface area contributed by atoms with Crippen molar-refractivity contribution in [2.45, 2.75) is 68.9 Å². The first-order chi connectivity index (χ1) is 8.56. The van der Waals surface area contributed by atoms with Crippen LogP contribution in [0.1, 0.15) is 57.8 Å². The third kappa shape index (κ3) is 3.25. The lowest BCUT2D eigenvalue weighted by molar-refractivity contribution is 0.00168. The van der Waals surface area contributed by atoms with Gasteiger partial charge in [0.05, 0.1) is 5.60 Å². The van der Waals surface area contributed by atoms with Gasteiger partial charge in [-0.15, -0.1) is 0 Å². The van der Waals surface area contributed by atoms with Crippen molar-refractivity contribution >= 4 is 0 Å². The predicted molar refractivity (Wildman–Crippen MR) is 75.8 cm³/mol. The highest BCUT2D eigenvalue weighted by Crippen LogP contribution is 2.33. The number of nitrogens with zero attached hydrogens (tertiary/aromatic N) is 1. The van der Waals surface area contributed by atoms with E-state index in [0.717, 1.165) is 25.9 Å². The zero-order valence-corrected chi connectivity index (χ0v) is 12.2. The molecule has 0 aromatic carbocycles.